The SMILES string of the molecule is C=CCOc1ccc(C(=O)Nc2ccc(C)cc2F)cc1OC. The van der Waals surface area contributed by atoms with Crippen molar-refractivity contribution in [2.75, 3.05) is 19.0 Å². The molecular weight excluding hydrogens is 297 g/mol. The highest BCUT2D eigenvalue weighted by molar-refractivity contribution is 6.04. The van der Waals surface area contributed by atoms with Crippen molar-refractivity contribution in [3.8, 4) is 11.5 Å². The summed E-state index contributed by atoms with van der Waals surface area (Å²) in [6.07, 6.45) is 1.61. The Morgan fingerprint density at radius 2 is 2.04 bits per heavy atom. The van der Waals surface area contributed by atoms with Crippen LogP contribution >= 0.6 is 0 Å². The van der Waals surface area contributed by atoms with Crippen LogP contribution in [0.15, 0.2) is 49.1 Å². The van der Waals surface area contributed by atoms with Crippen LogP contribution in [0.25, 0.3) is 0 Å². The third-order valence-electron chi connectivity index (χ3n) is 3.16. The minimum Gasteiger partial charge on any atom is -0.493 e. The maximum Gasteiger partial charge on any atom is 0.255 e. The average Bonchev–Trinajstić information content (AvgIpc) is 2.55. The van der Waals surface area contributed by atoms with E-state index in [2.05, 4.69) is 11.9 Å². The molecule has 2 aromatic carbocycles. The predicted octanol–water partition coefficient (Wildman–Crippen LogP) is 3.96. The molecule has 1 N–H and O–H groups in total. The van der Waals surface area contributed by atoms with Gasteiger partial charge in [-0.2, -0.15) is 0 Å². The number of hydrogen-bond acceptors (Lipinski definition) is 3. The molecule has 1 amide bonds. The number of anilines is 1. The van der Waals surface area contributed by atoms with Crippen LogP contribution in [-0.4, -0.2) is 19.6 Å². The average molecular weight is 315 g/mol. The Bertz CT molecular complexity index is 728. The molecule has 120 valence electrons. The fourth-order valence-electron chi connectivity index (χ4n) is 1.99. The fourth-order valence-corrected chi connectivity index (χ4v) is 1.99. The summed E-state index contributed by atoms with van der Waals surface area (Å²) in [5.74, 6) is 0.0203. The molecule has 0 heterocycles. The summed E-state index contributed by atoms with van der Waals surface area (Å²) in [5, 5.41) is 2.54. The molecule has 0 bridgehead atoms. The first-order valence-electron chi connectivity index (χ1n) is 7.04. The van der Waals surface area contributed by atoms with Crippen LogP contribution in [0.4, 0.5) is 10.1 Å². The van der Waals surface area contributed by atoms with Crippen LogP contribution in [0.5, 0.6) is 11.5 Å². The van der Waals surface area contributed by atoms with Crippen LogP contribution in [0.3, 0.4) is 0 Å². The summed E-state index contributed by atoms with van der Waals surface area (Å²) in [6, 6.07) is 9.38. The van der Waals surface area contributed by atoms with E-state index in [9.17, 15) is 9.18 Å². The van der Waals surface area contributed by atoms with Crippen LogP contribution in [-0.2, 0) is 0 Å². The van der Waals surface area contributed by atoms with Gasteiger partial charge in [0.25, 0.3) is 5.91 Å². The van der Waals surface area contributed by atoms with E-state index in [1.165, 1.54) is 19.2 Å². The number of carbonyl (C=O) groups excluding carboxylic acids is 1. The monoisotopic (exact) mass is 315 g/mol. The largest absolute Gasteiger partial charge is 0.493 e. The van der Waals surface area contributed by atoms with Crippen molar-refractivity contribution in [3.05, 3.63) is 66.0 Å². The molecule has 23 heavy (non-hydrogen) atoms. The standard InChI is InChI=1S/C18H18FNO3/c1-4-9-23-16-8-6-13(11-17(16)22-3)18(21)20-15-7-5-12(2)10-14(15)19/h4-8,10-11H,1,9H2,2-3H3,(H,20,21). The molecule has 0 fully saturated rings. The molecule has 4 nitrogen and oxygen atoms in total. The van der Waals surface area contributed by atoms with Gasteiger partial charge in [-0.3, -0.25) is 4.79 Å². The number of ether oxygens (including phenoxy) is 2. The summed E-state index contributed by atoms with van der Waals surface area (Å²) in [4.78, 5) is 12.3. The lowest BCUT2D eigenvalue weighted by molar-refractivity contribution is 0.102. The number of carbonyl (C=O) groups is 1. The molecule has 2 aromatic rings. The molecule has 0 aliphatic carbocycles. The highest BCUT2D eigenvalue weighted by Gasteiger charge is 2.13. The van der Waals surface area contributed by atoms with Crippen molar-refractivity contribution < 1.29 is 18.7 Å². The molecule has 0 unspecified atom stereocenters. The van der Waals surface area contributed by atoms with Gasteiger partial charge in [0.05, 0.1) is 12.8 Å². The van der Waals surface area contributed by atoms with Gasteiger partial charge >= 0.3 is 0 Å². The highest BCUT2D eigenvalue weighted by Crippen LogP contribution is 2.28. The Morgan fingerprint density at radius 1 is 1.26 bits per heavy atom. The maximum absolute atomic E-state index is 13.8. The Morgan fingerprint density at radius 3 is 2.70 bits per heavy atom. The number of benzene rings is 2. The van der Waals surface area contributed by atoms with Gasteiger partial charge in [0, 0.05) is 5.56 Å². The van der Waals surface area contributed by atoms with Gasteiger partial charge in [-0.05, 0) is 42.8 Å². The highest BCUT2D eigenvalue weighted by atomic mass is 19.1. The van der Waals surface area contributed by atoms with Crippen molar-refractivity contribution in [1.82, 2.24) is 0 Å². The van der Waals surface area contributed by atoms with E-state index in [0.29, 0.717) is 23.7 Å². The summed E-state index contributed by atoms with van der Waals surface area (Å²) in [6.45, 7) is 5.68. The van der Waals surface area contributed by atoms with Gasteiger partial charge in [-0.1, -0.05) is 18.7 Å². The van der Waals surface area contributed by atoms with Crippen molar-refractivity contribution >= 4 is 11.6 Å². The Hall–Kier alpha value is -2.82. The smallest absolute Gasteiger partial charge is 0.255 e. The lowest BCUT2D eigenvalue weighted by atomic mass is 10.1. The van der Waals surface area contributed by atoms with Gasteiger partial charge in [-0.15, -0.1) is 0 Å². The third-order valence-corrected chi connectivity index (χ3v) is 3.16. The quantitative estimate of drug-likeness (QED) is 0.821. The van der Waals surface area contributed by atoms with Crippen molar-refractivity contribution in [3.63, 3.8) is 0 Å². The van der Waals surface area contributed by atoms with E-state index in [1.54, 1.807) is 37.3 Å². The normalized spacial score (nSPS) is 10.0. The van der Waals surface area contributed by atoms with Crippen molar-refractivity contribution in [1.29, 1.82) is 0 Å². The molecule has 0 radical (unpaired) electrons. The van der Waals surface area contributed by atoms with Crippen LogP contribution in [0.2, 0.25) is 0 Å². The van der Waals surface area contributed by atoms with Gasteiger partial charge in [0.15, 0.2) is 11.5 Å². The number of methoxy groups -OCH3 is 1. The zero-order chi connectivity index (χ0) is 16.8. The number of rotatable bonds is 6. The van der Waals surface area contributed by atoms with Crippen molar-refractivity contribution in [2.24, 2.45) is 0 Å². The molecule has 2 rings (SSSR count). The second-order valence-electron chi connectivity index (χ2n) is 4.90. The summed E-state index contributed by atoms with van der Waals surface area (Å²) in [5.41, 5.74) is 1.25. The van der Waals surface area contributed by atoms with E-state index in [0.717, 1.165) is 5.56 Å². The maximum atomic E-state index is 13.8. The Balaban J connectivity index is 2.20. The predicted molar refractivity (Wildman–Crippen MR) is 87.8 cm³/mol. The zero-order valence-electron chi connectivity index (χ0n) is 13.1. The zero-order valence-corrected chi connectivity index (χ0v) is 13.1. The topological polar surface area (TPSA) is 47.6 Å². The van der Waals surface area contributed by atoms with Gasteiger partial charge in [-0.25, -0.2) is 4.39 Å². The van der Waals surface area contributed by atoms with E-state index < -0.39 is 11.7 Å². The van der Waals surface area contributed by atoms with E-state index in [4.69, 9.17) is 9.47 Å². The second-order valence-corrected chi connectivity index (χ2v) is 4.90. The Kier molecular flexibility index (Phi) is 5.36. The van der Waals surface area contributed by atoms with Gasteiger partial charge < -0.3 is 14.8 Å². The number of nitrogens with one attached hydrogen (secondary N) is 1. The van der Waals surface area contributed by atoms with Gasteiger partial charge in [0.1, 0.15) is 12.4 Å². The molecule has 0 saturated carbocycles. The summed E-state index contributed by atoms with van der Waals surface area (Å²) < 4.78 is 24.4. The molecule has 0 aliphatic heterocycles. The number of halogens is 1. The Labute approximate surface area is 134 Å². The first-order valence-corrected chi connectivity index (χ1v) is 7.04. The van der Waals surface area contributed by atoms with Crippen LogP contribution < -0.4 is 14.8 Å². The van der Waals surface area contributed by atoms with E-state index in [-0.39, 0.29) is 5.69 Å². The summed E-state index contributed by atoms with van der Waals surface area (Å²) in [7, 11) is 1.48. The summed E-state index contributed by atoms with van der Waals surface area (Å²) >= 11 is 0. The number of aryl methyl sites for hydroxylation is 1. The van der Waals surface area contributed by atoms with E-state index >= 15 is 0 Å². The third kappa shape index (κ3) is 4.10. The van der Waals surface area contributed by atoms with Crippen LogP contribution in [0.1, 0.15) is 15.9 Å². The first kappa shape index (κ1) is 16.5. The number of amides is 1. The minimum absolute atomic E-state index is 0.131. The first-order chi connectivity index (χ1) is 11.0. The minimum atomic E-state index is -0.476. The lowest BCUT2D eigenvalue weighted by Crippen LogP contribution is -2.13. The van der Waals surface area contributed by atoms with Gasteiger partial charge in [0.2, 0.25) is 0 Å². The lowest BCUT2D eigenvalue weighted by Gasteiger charge is -2.11. The molecule has 5 heteroatoms. The molecule has 0 aliphatic rings. The molecule has 0 spiro atoms. The molecular formula is C18H18FNO3. The van der Waals surface area contributed by atoms with E-state index in [1.807, 2.05) is 0 Å². The second kappa shape index (κ2) is 7.45. The molecule has 0 saturated heterocycles. The molecule has 0 aromatic heterocycles. The molecule has 0 atom stereocenters. The fraction of sp³-hybridized carbons (Fsp3) is 0.167. The van der Waals surface area contributed by atoms with Crippen molar-refractivity contribution in [2.45, 2.75) is 6.92 Å². The number of hydrogen-bond donors (Lipinski definition) is 1. The van der Waals surface area contributed by atoms with Crippen LogP contribution in [0, 0.1) is 12.7 Å².